The monoisotopic (exact) mass is 434 g/mol. The number of nitrogens with two attached hydrogens (primary N) is 1. The molecule has 0 spiro atoms. The number of carbonyl (C=O) groups excluding carboxylic acids is 3. The van der Waals surface area contributed by atoms with Gasteiger partial charge in [-0.3, -0.25) is 20.3 Å². The number of nitrogen functional groups attached to an aromatic ring is 1. The van der Waals surface area contributed by atoms with Crippen molar-refractivity contribution in [2.75, 3.05) is 13.7 Å². The summed E-state index contributed by atoms with van der Waals surface area (Å²) in [6.07, 6.45) is 0. The van der Waals surface area contributed by atoms with Gasteiger partial charge in [0, 0.05) is 18.2 Å². The molecule has 2 aliphatic rings. The Bertz CT molecular complexity index is 1330. The number of aromatic nitrogens is 1. The number of nitrogens with zero attached hydrogens (tertiary/aromatic N) is 2. The van der Waals surface area contributed by atoms with Crippen molar-refractivity contribution in [3.05, 3.63) is 59.0 Å². The van der Waals surface area contributed by atoms with Gasteiger partial charge in [0.25, 0.3) is 11.8 Å². The number of carbonyl (C=O) groups is 3. The van der Waals surface area contributed by atoms with Crippen molar-refractivity contribution in [2.24, 2.45) is 5.73 Å². The van der Waals surface area contributed by atoms with Gasteiger partial charge in [-0.15, -0.1) is 0 Å². The van der Waals surface area contributed by atoms with E-state index in [0.717, 1.165) is 5.56 Å². The van der Waals surface area contributed by atoms with Crippen LogP contribution in [0.15, 0.2) is 40.8 Å². The van der Waals surface area contributed by atoms with Crippen molar-refractivity contribution in [1.29, 1.82) is 5.41 Å². The van der Waals surface area contributed by atoms with Crippen LogP contribution in [-0.2, 0) is 16.9 Å². The standard InChI is InChI=1S/C21H18N6O5/c1-31-11-3-2-10-8-27(18(28)12(10)6-11)9-21(19(29)25-20(30)26-21)16-7-14-15(32-16)5-4-13(24-14)17(22)23/h2-7H,8-9H2,1H3,(H3,22,23)(H2,25,26,29,30)/t21-/m0/s1. The highest BCUT2D eigenvalue weighted by Crippen LogP contribution is 2.34. The number of amidine groups is 1. The smallest absolute Gasteiger partial charge is 0.322 e. The number of amides is 4. The zero-order chi connectivity index (χ0) is 22.6. The molecule has 4 amide bonds. The van der Waals surface area contributed by atoms with Crippen LogP contribution in [0, 0.1) is 5.41 Å². The van der Waals surface area contributed by atoms with Crippen molar-refractivity contribution in [3.63, 3.8) is 0 Å². The van der Waals surface area contributed by atoms with E-state index in [9.17, 15) is 14.4 Å². The fraction of sp³-hybridized carbons (Fsp3) is 0.190. The Labute approximate surface area is 181 Å². The topological polar surface area (TPSA) is 164 Å². The Hall–Kier alpha value is -4.41. The molecule has 11 heteroatoms. The lowest BCUT2D eigenvalue weighted by atomic mass is 9.95. The van der Waals surface area contributed by atoms with Gasteiger partial charge in [-0.05, 0) is 29.8 Å². The quantitative estimate of drug-likeness (QED) is 0.262. The summed E-state index contributed by atoms with van der Waals surface area (Å²) in [5, 5.41) is 12.4. The largest absolute Gasteiger partial charge is 0.497 e. The number of fused-ring (bicyclic) bond motifs is 2. The van der Waals surface area contributed by atoms with E-state index in [1.807, 2.05) is 0 Å². The van der Waals surface area contributed by atoms with Crippen LogP contribution in [0.4, 0.5) is 4.79 Å². The lowest BCUT2D eigenvalue weighted by molar-refractivity contribution is -0.125. The molecule has 5 rings (SSSR count). The highest BCUT2D eigenvalue weighted by Gasteiger charge is 2.53. The summed E-state index contributed by atoms with van der Waals surface area (Å²) < 4.78 is 11.1. The van der Waals surface area contributed by atoms with Gasteiger partial charge >= 0.3 is 6.03 Å². The molecule has 11 nitrogen and oxygen atoms in total. The van der Waals surface area contributed by atoms with Gasteiger partial charge in [0.2, 0.25) is 0 Å². The molecule has 0 bridgehead atoms. The Morgan fingerprint density at radius 1 is 1.28 bits per heavy atom. The average molecular weight is 434 g/mol. The second-order valence-corrected chi connectivity index (χ2v) is 7.60. The van der Waals surface area contributed by atoms with E-state index < -0.39 is 17.5 Å². The molecule has 162 valence electrons. The molecule has 32 heavy (non-hydrogen) atoms. The SMILES string of the molecule is COc1ccc2c(c1)C(=O)N(C[C@@]1(c3cc4nc(C(=N)N)ccc4o3)NC(=O)NC1=O)C2. The molecule has 3 aromatic rings. The highest BCUT2D eigenvalue weighted by molar-refractivity contribution is 6.08. The number of methoxy groups -OCH3 is 1. The summed E-state index contributed by atoms with van der Waals surface area (Å²) >= 11 is 0. The number of pyridine rings is 1. The molecule has 1 aromatic carbocycles. The van der Waals surface area contributed by atoms with Crippen LogP contribution in [0.25, 0.3) is 11.1 Å². The number of hydrogen-bond acceptors (Lipinski definition) is 7. The van der Waals surface area contributed by atoms with E-state index in [0.29, 0.717) is 22.4 Å². The first kappa shape index (κ1) is 19.5. The van der Waals surface area contributed by atoms with Crippen molar-refractivity contribution in [1.82, 2.24) is 20.5 Å². The fourth-order valence-electron chi connectivity index (χ4n) is 4.02. The van der Waals surface area contributed by atoms with Gasteiger partial charge in [-0.1, -0.05) is 6.07 Å². The number of ether oxygens (including phenoxy) is 1. The molecule has 0 aliphatic carbocycles. The van der Waals surface area contributed by atoms with Crippen LogP contribution < -0.4 is 21.1 Å². The Morgan fingerprint density at radius 3 is 2.78 bits per heavy atom. The summed E-state index contributed by atoms with van der Waals surface area (Å²) in [4.78, 5) is 43.8. The number of hydrogen-bond donors (Lipinski definition) is 4. The van der Waals surface area contributed by atoms with Crippen molar-refractivity contribution < 1.29 is 23.5 Å². The summed E-state index contributed by atoms with van der Waals surface area (Å²) in [5.41, 5.74) is 6.08. The van der Waals surface area contributed by atoms with E-state index >= 15 is 0 Å². The summed E-state index contributed by atoms with van der Waals surface area (Å²) in [7, 11) is 1.51. The Kier molecular flexibility index (Phi) is 4.16. The normalized spacial score (nSPS) is 19.8. The van der Waals surface area contributed by atoms with Crippen LogP contribution in [0.5, 0.6) is 5.75 Å². The summed E-state index contributed by atoms with van der Waals surface area (Å²) in [6.45, 7) is 0.107. The molecule has 0 saturated carbocycles. The first-order chi connectivity index (χ1) is 15.3. The maximum absolute atomic E-state index is 13.1. The molecule has 1 fully saturated rings. The van der Waals surface area contributed by atoms with Crippen LogP contribution in [-0.4, -0.2) is 47.2 Å². The molecule has 0 radical (unpaired) electrons. The van der Waals surface area contributed by atoms with E-state index in [-0.39, 0.29) is 36.3 Å². The molecule has 2 aromatic heterocycles. The number of urea groups is 1. The fourth-order valence-corrected chi connectivity index (χ4v) is 4.02. The minimum Gasteiger partial charge on any atom is -0.497 e. The van der Waals surface area contributed by atoms with Crippen LogP contribution in [0.2, 0.25) is 0 Å². The van der Waals surface area contributed by atoms with Gasteiger partial charge < -0.3 is 25.1 Å². The number of furan rings is 1. The highest BCUT2D eigenvalue weighted by atomic mass is 16.5. The first-order valence-corrected chi connectivity index (χ1v) is 9.66. The lowest BCUT2D eigenvalue weighted by Gasteiger charge is -2.28. The van der Waals surface area contributed by atoms with Crippen LogP contribution in [0.1, 0.15) is 27.4 Å². The summed E-state index contributed by atoms with van der Waals surface area (Å²) in [6, 6.07) is 9.10. The molecular weight excluding hydrogens is 416 g/mol. The molecule has 4 heterocycles. The van der Waals surface area contributed by atoms with Crippen molar-refractivity contribution >= 4 is 34.8 Å². The van der Waals surface area contributed by atoms with Gasteiger partial charge in [0.15, 0.2) is 11.1 Å². The predicted octanol–water partition coefficient (Wildman–Crippen LogP) is 0.811. The molecule has 1 saturated heterocycles. The number of nitrogens with one attached hydrogen (secondary N) is 3. The first-order valence-electron chi connectivity index (χ1n) is 9.66. The van der Waals surface area contributed by atoms with E-state index in [2.05, 4.69) is 15.6 Å². The number of rotatable bonds is 5. The molecule has 1 atom stereocenters. The second-order valence-electron chi connectivity index (χ2n) is 7.60. The minimum absolute atomic E-state index is 0.116. The maximum atomic E-state index is 13.1. The predicted molar refractivity (Wildman–Crippen MR) is 111 cm³/mol. The molecular formula is C21H18N6O5. The Morgan fingerprint density at radius 2 is 2.09 bits per heavy atom. The number of benzene rings is 1. The Balaban J connectivity index is 1.55. The summed E-state index contributed by atoms with van der Waals surface area (Å²) in [5.74, 6) is -0.488. The maximum Gasteiger partial charge on any atom is 0.322 e. The zero-order valence-corrected chi connectivity index (χ0v) is 16.9. The van der Waals surface area contributed by atoms with Crippen LogP contribution in [0.3, 0.4) is 0 Å². The van der Waals surface area contributed by atoms with E-state index in [1.165, 1.54) is 24.1 Å². The van der Waals surface area contributed by atoms with Gasteiger partial charge in [-0.2, -0.15) is 0 Å². The average Bonchev–Trinajstić information content (AvgIpc) is 3.41. The van der Waals surface area contributed by atoms with Gasteiger partial charge in [-0.25, -0.2) is 9.78 Å². The molecule has 0 unspecified atom stereocenters. The second kappa shape index (κ2) is 6.80. The van der Waals surface area contributed by atoms with Gasteiger partial charge in [0.05, 0.1) is 13.7 Å². The molecule has 2 aliphatic heterocycles. The van der Waals surface area contributed by atoms with E-state index in [4.69, 9.17) is 20.3 Å². The third-order valence-electron chi connectivity index (χ3n) is 5.64. The van der Waals surface area contributed by atoms with Crippen LogP contribution >= 0.6 is 0 Å². The van der Waals surface area contributed by atoms with Crippen molar-refractivity contribution in [3.8, 4) is 5.75 Å². The molecule has 5 N–H and O–H groups in total. The minimum atomic E-state index is -1.64. The lowest BCUT2D eigenvalue weighted by Crippen LogP contribution is -2.52. The van der Waals surface area contributed by atoms with Gasteiger partial charge in [0.1, 0.15) is 28.6 Å². The number of imide groups is 1. The third-order valence-corrected chi connectivity index (χ3v) is 5.64. The van der Waals surface area contributed by atoms with E-state index in [1.54, 1.807) is 24.3 Å². The zero-order valence-electron chi connectivity index (χ0n) is 16.9. The third kappa shape index (κ3) is 2.86. The van der Waals surface area contributed by atoms with Crippen molar-refractivity contribution in [2.45, 2.75) is 12.1 Å².